The van der Waals surface area contributed by atoms with Gasteiger partial charge in [0.25, 0.3) is 0 Å². The maximum Gasteiger partial charge on any atom is 0.227 e. The van der Waals surface area contributed by atoms with Gasteiger partial charge in [0.2, 0.25) is 11.7 Å². The number of hydrogen-bond acceptors (Lipinski definition) is 8. The summed E-state index contributed by atoms with van der Waals surface area (Å²) in [5.41, 5.74) is 0.630. The van der Waals surface area contributed by atoms with Crippen molar-refractivity contribution in [1.29, 1.82) is 0 Å². The van der Waals surface area contributed by atoms with Gasteiger partial charge in [-0.3, -0.25) is 0 Å². The van der Waals surface area contributed by atoms with Crippen LogP contribution in [0.2, 0.25) is 0 Å². The molecule has 0 atom stereocenters. The number of aromatic nitrogens is 2. The average molecular weight is 406 g/mol. The van der Waals surface area contributed by atoms with Crippen LogP contribution in [-0.4, -0.2) is 37.5 Å². The van der Waals surface area contributed by atoms with Gasteiger partial charge in [-0.2, -0.15) is 4.98 Å². The van der Waals surface area contributed by atoms with Crippen molar-refractivity contribution in [2.45, 2.75) is 18.6 Å². The molecule has 0 aliphatic carbocycles. The predicted molar refractivity (Wildman–Crippen MR) is 101 cm³/mol. The number of hydrogen-bond donors (Lipinski definition) is 0. The molecule has 0 N–H and O–H groups in total. The highest BCUT2D eigenvalue weighted by Gasteiger charge is 2.21. The Morgan fingerprint density at radius 3 is 2.85 bits per heavy atom. The van der Waals surface area contributed by atoms with Gasteiger partial charge in [0.15, 0.2) is 21.3 Å². The molecule has 4 rings (SSSR count). The standard InChI is InChI=1S/C18H18N2O5S2/c21-27(22,12-13-4-1-5-14-17(13)24-9-8-23-14)11-3-7-16-19-18(20-25-16)15-6-2-10-26-15/h1-2,4-6,10H,3,7-9,11-12H2. The summed E-state index contributed by atoms with van der Waals surface area (Å²) in [6, 6.07) is 9.15. The zero-order valence-corrected chi connectivity index (χ0v) is 16.1. The molecule has 1 aliphatic heterocycles. The Bertz CT molecular complexity index is 1010. The van der Waals surface area contributed by atoms with Gasteiger partial charge in [-0.15, -0.1) is 11.3 Å². The Balaban J connectivity index is 1.36. The zero-order chi connectivity index (χ0) is 18.7. The van der Waals surface area contributed by atoms with Crippen LogP contribution in [0.1, 0.15) is 17.9 Å². The number of aryl methyl sites for hydroxylation is 1. The maximum atomic E-state index is 12.5. The van der Waals surface area contributed by atoms with Gasteiger partial charge < -0.3 is 14.0 Å². The molecule has 0 radical (unpaired) electrons. The topological polar surface area (TPSA) is 91.5 Å². The molecule has 27 heavy (non-hydrogen) atoms. The number of thiophene rings is 1. The third kappa shape index (κ3) is 4.30. The molecule has 3 aromatic rings. The summed E-state index contributed by atoms with van der Waals surface area (Å²) in [7, 11) is -3.30. The van der Waals surface area contributed by atoms with Crippen molar-refractivity contribution < 1.29 is 22.4 Å². The molecule has 3 heterocycles. The van der Waals surface area contributed by atoms with E-state index in [9.17, 15) is 8.42 Å². The summed E-state index contributed by atoms with van der Waals surface area (Å²) in [5, 5.41) is 5.87. The summed E-state index contributed by atoms with van der Waals surface area (Å²) in [6.07, 6.45) is 0.838. The van der Waals surface area contributed by atoms with E-state index in [1.165, 1.54) is 11.3 Å². The van der Waals surface area contributed by atoms with E-state index in [0.717, 1.165) is 4.88 Å². The van der Waals surface area contributed by atoms with Crippen LogP contribution < -0.4 is 9.47 Å². The van der Waals surface area contributed by atoms with Gasteiger partial charge in [-0.1, -0.05) is 23.4 Å². The van der Waals surface area contributed by atoms with Crippen LogP contribution in [0.5, 0.6) is 11.5 Å². The third-order valence-electron chi connectivity index (χ3n) is 4.08. The van der Waals surface area contributed by atoms with Crippen LogP contribution >= 0.6 is 11.3 Å². The Morgan fingerprint density at radius 1 is 1.11 bits per heavy atom. The van der Waals surface area contributed by atoms with Crippen LogP contribution in [0.25, 0.3) is 10.7 Å². The second kappa shape index (κ2) is 7.69. The summed E-state index contributed by atoms with van der Waals surface area (Å²) < 4.78 is 41.3. The van der Waals surface area contributed by atoms with E-state index in [2.05, 4.69) is 10.1 Å². The van der Waals surface area contributed by atoms with Crippen LogP contribution in [-0.2, 0) is 22.0 Å². The fraction of sp³-hybridized carbons (Fsp3) is 0.333. The second-order valence-electron chi connectivity index (χ2n) is 6.13. The second-order valence-corrected chi connectivity index (χ2v) is 9.26. The highest BCUT2D eigenvalue weighted by atomic mass is 32.2. The Kier molecular flexibility index (Phi) is 5.13. The van der Waals surface area contributed by atoms with Gasteiger partial charge in [0.05, 0.1) is 16.4 Å². The number of benzene rings is 1. The molecule has 0 bridgehead atoms. The lowest BCUT2D eigenvalue weighted by atomic mass is 10.2. The molecule has 142 valence electrons. The Labute approximate surface area is 160 Å². The molecule has 0 saturated carbocycles. The highest BCUT2D eigenvalue weighted by Crippen LogP contribution is 2.34. The van der Waals surface area contributed by atoms with Crippen molar-refractivity contribution in [1.82, 2.24) is 10.1 Å². The number of rotatable bonds is 7. The first-order valence-electron chi connectivity index (χ1n) is 8.55. The van der Waals surface area contributed by atoms with Crippen LogP contribution in [0.15, 0.2) is 40.2 Å². The first-order valence-corrected chi connectivity index (χ1v) is 11.3. The fourth-order valence-corrected chi connectivity index (χ4v) is 4.94. The Morgan fingerprint density at radius 2 is 2.00 bits per heavy atom. The number of para-hydroxylation sites is 1. The lowest BCUT2D eigenvalue weighted by molar-refractivity contribution is 0.170. The lowest BCUT2D eigenvalue weighted by Gasteiger charge is -2.20. The van der Waals surface area contributed by atoms with Crippen molar-refractivity contribution in [3.05, 3.63) is 47.2 Å². The fourth-order valence-electron chi connectivity index (χ4n) is 2.86. The molecule has 0 fully saturated rings. The van der Waals surface area contributed by atoms with Crippen LogP contribution in [0, 0.1) is 0 Å². The van der Waals surface area contributed by atoms with Gasteiger partial charge in [-0.25, -0.2) is 8.42 Å². The monoisotopic (exact) mass is 406 g/mol. The molecule has 1 aliphatic rings. The molecule has 9 heteroatoms. The van der Waals surface area contributed by atoms with Gasteiger partial charge >= 0.3 is 0 Å². The number of fused-ring (bicyclic) bond motifs is 1. The molecule has 0 spiro atoms. The molecule has 0 unspecified atom stereocenters. The van der Waals surface area contributed by atoms with E-state index in [4.69, 9.17) is 14.0 Å². The van der Waals surface area contributed by atoms with Crippen molar-refractivity contribution >= 4 is 21.2 Å². The molecule has 7 nitrogen and oxygen atoms in total. The zero-order valence-electron chi connectivity index (χ0n) is 14.5. The van der Waals surface area contributed by atoms with E-state index in [1.807, 2.05) is 17.5 Å². The minimum atomic E-state index is -3.30. The van der Waals surface area contributed by atoms with E-state index >= 15 is 0 Å². The summed E-state index contributed by atoms with van der Waals surface area (Å²) in [6.45, 7) is 0.897. The Hall–Kier alpha value is -2.39. The predicted octanol–water partition coefficient (Wildman–Crippen LogP) is 3.12. The van der Waals surface area contributed by atoms with E-state index in [0.29, 0.717) is 54.8 Å². The maximum absolute atomic E-state index is 12.5. The number of ether oxygens (including phenoxy) is 2. The number of sulfone groups is 1. The SMILES string of the molecule is O=S(=O)(CCCc1nc(-c2cccs2)no1)Cc1cccc2c1OCCO2. The van der Waals surface area contributed by atoms with Crippen molar-refractivity contribution in [3.8, 4) is 22.2 Å². The highest BCUT2D eigenvalue weighted by molar-refractivity contribution is 7.90. The normalized spacial score (nSPS) is 13.6. The van der Waals surface area contributed by atoms with Crippen molar-refractivity contribution in [2.24, 2.45) is 0 Å². The van der Waals surface area contributed by atoms with Gasteiger partial charge in [0, 0.05) is 12.0 Å². The summed E-state index contributed by atoms with van der Waals surface area (Å²) >= 11 is 1.53. The quantitative estimate of drug-likeness (QED) is 0.595. The first-order chi connectivity index (χ1) is 13.1. The molecule has 0 amide bonds. The molecule has 0 saturated heterocycles. The van der Waals surface area contributed by atoms with E-state index < -0.39 is 9.84 Å². The van der Waals surface area contributed by atoms with Crippen molar-refractivity contribution in [2.75, 3.05) is 19.0 Å². The van der Waals surface area contributed by atoms with Crippen molar-refractivity contribution in [3.63, 3.8) is 0 Å². The van der Waals surface area contributed by atoms with Crippen LogP contribution in [0.3, 0.4) is 0 Å². The molecular formula is C18H18N2O5S2. The first kappa shape index (κ1) is 18.0. The smallest absolute Gasteiger partial charge is 0.227 e. The number of nitrogens with zero attached hydrogens (tertiary/aromatic N) is 2. The summed E-state index contributed by atoms with van der Waals surface area (Å²) in [5.74, 6) is 2.07. The average Bonchev–Trinajstić information content (AvgIpc) is 3.33. The molecule has 2 aromatic heterocycles. The van der Waals surface area contributed by atoms with E-state index in [-0.39, 0.29) is 11.5 Å². The molecule has 1 aromatic carbocycles. The van der Waals surface area contributed by atoms with Gasteiger partial charge in [-0.05, 0) is 23.9 Å². The van der Waals surface area contributed by atoms with E-state index in [1.54, 1.807) is 18.2 Å². The van der Waals surface area contributed by atoms with Crippen LogP contribution in [0.4, 0.5) is 0 Å². The third-order valence-corrected chi connectivity index (χ3v) is 6.61. The van der Waals surface area contributed by atoms with Gasteiger partial charge in [0.1, 0.15) is 13.2 Å². The summed E-state index contributed by atoms with van der Waals surface area (Å²) in [4.78, 5) is 5.24. The minimum absolute atomic E-state index is 0.0360. The minimum Gasteiger partial charge on any atom is -0.486 e. The lowest BCUT2D eigenvalue weighted by Crippen LogP contribution is -2.18. The largest absolute Gasteiger partial charge is 0.486 e. The molecular weight excluding hydrogens is 388 g/mol.